The van der Waals surface area contributed by atoms with Gasteiger partial charge in [0.05, 0.1) is 12.6 Å². The van der Waals surface area contributed by atoms with E-state index in [1.54, 1.807) is 0 Å². The molecule has 1 aromatic rings. The summed E-state index contributed by atoms with van der Waals surface area (Å²) in [7, 11) is 0. The molecule has 6 heteroatoms. The summed E-state index contributed by atoms with van der Waals surface area (Å²) in [5, 5.41) is 13.1. The van der Waals surface area contributed by atoms with E-state index >= 15 is 0 Å². The van der Waals surface area contributed by atoms with Crippen LogP contribution in [0.1, 0.15) is 44.5 Å². The Hall–Kier alpha value is -1.01. The van der Waals surface area contributed by atoms with Gasteiger partial charge in [-0.1, -0.05) is 19.3 Å². The van der Waals surface area contributed by atoms with E-state index in [1.165, 1.54) is 12.4 Å². The van der Waals surface area contributed by atoms with Crippen molar-refractivity contribution in [3.63, 3.8) is 0 Å². The normalized spacial score (nSPS) is 25.3. The molecule has 1 aromatic heterocycles. The zero-order valence-corrected chi connectivity index (χ0v) is 10.2. The maximum absolute atomic E-state index is 12.6. The molecule has 0 saturated heterocycles. The number of alkyl halides is 2. The molecule has 0 amide bonds. The summed E-state index contributed by atoms with van der Waals surface area (Å²) in [6, 6.07) is -0.0182. The molecule has 0 spiro atoms. The number of aliphatic hydroxyl groups excluding tert-OH is 1. The molecule has 2 N–H and O–H groups in total. The van der Waals surface area contributed by atoms with E-state index in [0.717, 1.165) is 36.7 Å². The first-order valence-electron chi connectivity index (χ1n) is 6.40. The van der Waals surface area contributed by atoms with Crippen molar-refractivity contribution >= 4 is 0 Å². The molecule has 1 fully saturated rings. The maximum Gasteiger partial charge on any atom is 0.319 e. The largest absolute Gasteiger partial charge is 0.392 e. The van der Waals surface area contributed by atoms with Crippen molar-refractivity contribution < 1.29 is 13.9 Å². The van der Waals surface area contributed by atoms with Gasteiger partial charge in [-0.25, -0.2) is 4.98 Å². The van der Waals surface area contributed by atoms with Crippen LogP contribution in [0.5, 0.6) is 0 Å². The molecule has 4 nitrogen and oxygen atoms in total. The molecule has 1 saturated carbocycles. The number of nitrogens with zero attached hydrogens (tertiary/aromatic N) is 2. The SMILES string of the molecule is OC1CCCCCC1NCc1nccn1C(F)F. The van der Waals surface area contributed by atoms with E-state index < -0.39 is 6.55 Å². The van der Waals surface area contributed by atoms with Gasteiger partial charge >= 0.3 is 6.55 Å². The molecule has 0 aliphatic heterocycles. The molecular weight excluding hydrogens is 240 g/mol. The number of nitrogens with one attached hydrogen (secondary N) is 1. The van der Waals surface area contributed by atoms with Crippen LogP contribution in [0.2, 0.25) is 0 Å². The van der Waals surface area contributed by atoms with Crippen molar-refractivity contribution in [2.45, 2.75) is 57.3 Å². The zero-order chi connectivity index (χ0) is 13.0. The molecule has 18 heavy (non-hydrogen) atoms. The van der Waals surface area contributed by atoms with Gasteiger partial charge in [-0.2, -0.15) is 8.78 Å². The van der Waals surface area contributed by atoms with Gasteiger partial charge in [-0.15, -0.1) is 0 Å². The average molecular weight is 259 g/mol. The van der Waals surface area contributed by atoms with Crippen LogP contribution in [0.25, 0.3) is 0 Å². The Bertz CT molecular complexity index is 370. The number of aliphatic hydroxyl groups is 1. The maximum atomic E-state index is 12.6. The minimum absolute atomic E-state index is 0.0182. The highest BCUT2D eigenvalue weighted by atomic mass is 19.3. The Labute approximate surface area is 105 Å². The summed E-state index contributed by atoms with van der Waals surface area (Å²) >= 11 is 0. The monoisotopic (exact) mass is 259 g/mol. The van der Waals surface area contributed by atoms with Crippen LogP contribution in [0.3, 0.4) is 0 Å². The lowest BCUT2D eigenvalue weighted by Crippen LogP contribution is -2.39. The van der Waals surface area contributed by atoms with Crippen molar-refractivity contribution in [1.29, 1.82) is 0 Å². The number of hydrogen-bond acceptors (Lipinski definition) is 3. The first-order valence-corrected chi connectivity index (χ1v) is 6.40. The molecule has 0 radical (unpaired) electrons. The topological polar surface area (TPSA) is 50.1 Å². The quantitative estimate of drug-likeness (QED) is 0.814. The molecule has 0 aromatic carbocycles. The molecule has 2 unspecified atom stereocenters. The predicted molar refractivity (Wildman–Crippen MR) is 63.2 cm³/mol. The minimum Gasteiger partial charge on any atom is -0.392 e. The molecule has 1 aliphatic carbocycles. The summed E-state index contributed by atoms with van der Waals surface area (Å²) < 4.78 is 26.1. The van der Waals surface area contributed by atoms with Crippen LogP contribution in [0.4, 0.5) is 8.78 Å². The second kappa shape index (κ2) is 6.24. The fraction of sp³-hybridized carbons (Fsp3) is 0.750. The van der Waals surface area contributed by atoms with Gasteiger partial charge in [0.15, 0.2) is 0 Å². The third kappa shape index (κ3) is 3.26. The highest BCUT2D eigenvalue weighted by Crippen LogP contribution is 2.19. The third-order valence-corrected chi connectivity index (χ3v) is 3.46. The highest BCUT2D eigenvalue weighted by Gasteiger charge is 2.21. The highest BCUT2D eigenvalue weighted by molar-refractivity contribution is 4.93. The van der Waals surface area contributed by atoms with E-state index in [4.69, 9.17) is 0 Å². The van der Waals surface area contributed by atoms with E-state index in [0.29, 0.717) is 5.82 Å². The van der Waals surface area contributed by atoms with Crippen molar-refractivity contribution in [1.82, 2.24) is 14.9 Å². The lowest BCUT2D eigenvalue weighted by Gasteiger charge is -2.21. The third-order valence-electron chi connectivity index (χ3n) is 3.46. The van der Waals surface area contributed by atoms with E-state index in [9.17, 15) is 13.9 Å². The van der Waals surface area contributed by atoms with Gasteiger partial charge in [0.2, 0.25) is 0 Å². The van der Waals surface area contributed by atoms with E-state index in [1.807, 2.05) is 0 Å². The Morgan fingerprint density at radius 1 is 1.39 bits per heavy atom. The number of hydrogen-bond donors (Lipinski definition) is 2. The van der Waals surface area contributed by atoms with Crippen molar-refractivity contribution in [3.8, 4) is 0 Å². The van der Waals surface area contributed by atoms with Crippen molar-refractivity contribution in [2.24, 2.45) is 0 Å². The summed E-state index contributed by atoms with van der Waals surface area (Å²) in [5.74, 6) is 0.307. The number of imidazole rings is 1. The fourth-order valence-electron chi connectivity index (χ4n) is 2.41. The molecule has 2 atom stereocenters. The summed E-state index contributed by atoms with van der Waals surface area (Å²) in [6.45, 7) is -2.30. The molecule has 2 rings (SSSR count). The average Bonchev–Trinajstić information content (AvgIpc) is 2.71. The van der Waals surface area contributed by atoms with Gasteiger partial charge in [0, 0.05) is 18.4 Å². The Kier molecular flexibility index (Phi) is 4.66. The Morgan fingerprint density at radius 2 is 2.17 bits per heavy atom. The molecular formula is C12H19F2N3O. The summed E-state index contributed by atoms with van der Waals surface area (Å²) in [5.41, 5.74) is 0. The van der Waals surface area contributed by atoms with Crippen molar-refractivity contribution in [3.05, 3.63) is 18.2 Å². The number of aromatic nitrogens is 2. The zero-order valence-electron chi connectivity index (χ0n) is 10.2. The number of rotatable bonds is 4. The second-order valence-corrected chi connectivity index (χ2v) is 4.72. The van der Waals surface area contributed by atoms with E-state index in [2.05, 4.69) is 10.3 Å². The van der Waals surface area contributed by atoms with Gasteiger partial charge in [-0.05, 0) is 12.8 Å². The van der Waals surface area contributed by atoms with Crippen LogP contribution >= 0.6 is 0 Å². The fourth-order valence-corrected chi connectivity index (χ4v) is 2.41. The lowest BCUT2D eigenvalue weighted by atomic mass is 10.1. The first kappa shape index (κ1) is 13.4. The van der Waals surface area contributed by atoms with E-state index in [-0.39, 0.29) is 18.7 Å². The smallest absolute Gasteiger partial charge is 0.319 e. The standard InChI is InChI=1S/C12H19F2N3O/c13-12(14)17-7-6-15-11(17)8-16-9-4-2-1-3-5-10(9)18/h6-7,9-10,12,16,18H,1-5,8H2. The molecule has 102 valence electrons. The molecule has 1 aliphatic rings. The summed E-state index contributed by atoms with van der Waals surface area (Å²) in [4.78, 5) is 3.91. The van der Waals surface area contributed by atoms with Crippen molar-refractivity contribution in [2.75, 3.05) is 0 Å². The lowest BCUT2D eigenvalue weighted by molar-refractivity contribution is 0.0655. The first-order chi connectivity index (χ1) is 8.68. The van der Waals surface area contributed by atoms with Crippen LogP contribution in [0, 0.1) is 0 Å². The Balaban J connectivity index is 1.91. The van der Waals surface area contributed by atoms with Gasteiger partial charge in [-0.3, -0.25) is 4.57 Å². The predicted octanol–water partition coefficient (Wildman–Crippen LogP) is 2.06. The van der Waals surface area contributed by atoms with Gasteiger partial charge in [0.1, 0.15) is 5.82 Å². The van der Waals surface area contributed by atoms with Crippen LogP contribution < -0.4 is 5.32 Å². The van der Waals surface area contributed by atoms with Crippen LogP contribution in [0.15, 0.2) is 12.4 Å². The molecule has 1 heterocycles. The van der Waals surface area contributed by atoms with Gasteiger partial charge < -0.3 is 10.4 Å². The van der Waals surface area contributed by atoms with Gasteiger partial charge in [0.25, 0.3) is 0 Å². The Morgan fingerprint density at radius 3 is 2.94 bits per heavy atom. The van der Waals surface area contributed by atoms with Crippen LogP contribution in [-0.4, -0.2) is 26.8 Å². The number of halogens is 2. The molecule has 0 bridgehead atoms. The summed E-state index contributed by atoms with van der Waals surface area (Å²) in [6.07, 6.45) is 7.14. The van der Waals surface area contributed by atoms with Crippen LogP contribution in [-0.2, 0) is 6.54 Å². The minimum atomic E-state index is -2.57. The second-order valence-electron chi connectivity index (χ2n) is 4.72.